The summed E-state index contributed by atoms with van der Waals surface area (Å²) in [5.74, 6) is -3.17. The summed E-state index contributed by atoms with van der Waals surface area (Å²) in [6.45, 7) is 3.48. The Morgan fingerprint density at radius 2 is 1.28 bits per heavy atom. The molecule has 0 aliphatic heterocycles. The lowest BCUT2D eigenvalue weighted by Gasteiger charge is -2.37. The van der Waals surface area contributed by atoms with E-state index in [9.17, 15) is 33.0 Å². The molecule has 0 saturated carbocycles. The van der Waals surface area contributed by atoms with E-state index in [1.807, 2.05) is 91.0 Å². The lowest BCUT2D eigenvalue weighted by Crippen LogP contribution is -2.57. The third-order valence-electron chi connectivity index (χ3n) is 7.60. The molecule has 0 aliphatic carbocycles. The smallest absolute Gasteiger partial charge is 0.306 e. The Kier molecular flexibility index (Phi) is 13.4. The molecule has 10 nitrogen and oxygen atoms in total. The van der Waals surface area contributed by atoms with Crippen LogP contribution in [0.25, 0.3) is 0 Å². The van der Waals surface area contributed by atoms with E-state index in [0.717, 1.165) is 22.9 Å². The highest BCUT2D eigenvalue weighted by Crippen LogP contribution is 2.48. The Hall–Kier alpha value is -3.71. The SMILES string of the molecule is CC(C)C(NC(=O)C(CSC(c1ccccc1)(c1ccccc1)c1ccccc1)NC(=O)C(N)CCS(C)(=O)=O)C(O)CC(=O)O. The Labute approximate surface area is 275 Å². The van der Waals surface area contributed by atoms with Crippen LogP contribution in [0.1, 0.15) is 43.4 Å². The highest BCUT2D eigenvalue weighted by atomic mass is 32.2. The number of aliphatic carboxylic acids is 1. The van der Waals surface area contributed by atoms with Crippen molar-refractivity contribution in [2.75, 3.05) is 17.8 Å². The van der Waals surface area contributed by atoms with Crippen LogP contribution in [-0.2, 0) is 29.0 Å². The van der Waals surface area contributed by atoms with Crippen molar-refractivity contribution < 1.29 is 33.0 Å². The van der Waals surface area contributed by atoms with Crippen molar-refractivity contribution in [3.63, 3.8) is 0 Å². The number of carbonyl (C=O) groups excluding carboxylic acids is 2. The van der Waals surface area contributed by atoms with Gasteiger partial charge < -0.3 is 26.6 Å². The Balaban J connectivity index is 2.05. The van der Waals surface area contributed by atoms with E-state index in [1.54, 1.807) is 13.8 Å². The molecule has 0 heterocycles. The van der Waals surface area contributed by atoms with Gasteiger partial charge in [-0.1, -0.05) is 105 Å². The molecule has 0 radical (unpaired) electrons. The summed E-state index contributed by atoms with van der Waals surface area (Å²) in [5, 5.41) is 25.4. The first-order valence-corrected chi connectivity index (χ1v) is 18.0. The molecule has 4 unspecified atom stereocenters. The van der Waals surface area contributed by atoms with Gasteiger partial charge in [0.1, 0.15) is 15.9 Å². The maximum atomic E-state index is 13.9. The van der Waals surface area contributed by atoms with Crippen LogP contribution in [-0.4, -0.2) is 78.4 Å². The third-order valence-corrected chi connectivity index (χ3v) is 10.2. The molecule has 3 aromatic carbocycles. The summed E-state index contributed by atoms with van der Waals surface area (Å²) in [5.41, 5.74) is 8.86. The number of thioether (sulfide) groups is 1. The quantitative estimate of drug-likeness (QED) is 0.135. The Morgan fingerprint density at radius 1 is 0.826 bits per heavy atom. The van der Waals surface area contributed by atoms with Crippen LogP contribution < -0.4 is 16.4 Å². The van der Waals surface area contributed by atoms with E-state index < -0.39 is 63.0 Å². The van der Waals surface area contributed by atoms with E-state index in [1.165, 1.54) is 11.8 Å². The monoisotopic (exact) mass is 669 g/mol. The van der Waals surface area contributed by atoms with E-state index in [0.29, 0.717) is 0 Å². The maximum absolute atomic E-state index is 13.9. The maximum Gasteiger partial charge on any atom is 0.306 e. The van der Waals surface area contributed by atoms with Crippen molar-refractivity contribution in [3.05, 3.63) is 108 Å². The van der Waals surface area contributed by atoms with Crippen molar-refractivity contribution in [2.45, 2.75) is 55.7 Å². The average Bonchev–Trinajstić information content (AvgIpc) is 3.02. The number of nitrogens with one attached hydrogen (secondary N) is 2. The zero-order valence-corrected chi connectivity index (χ0v) is 27.8. The van der Waals surface area contributed by atoms with Crippen LogP contribution >= 0.6 is 11.8 Å². The van der Waals surface area contributed by atoms with E-state index in [-0.39, 0.29) is 23.8 Å². The summed E-state index contributed by atoms with van der Waals surface area (Å²) < 4.78 is 22.6. The molecular weight excluding hydrogens is 627 g/mol. The van der Waals surface area contributed by atoms with Crippen molar-refractivity contribution in [2.24, 2.45) is 11.7 Å². The molecule has 248 valence electrons. The van der Waals surface area contributed by atoms with Crippen LogP contribution in [0.4, 0.5) is 0 Å². The van der Waals surface area contributed by atoms with Crippen LogP contribution in [0, 0.1) is 5.92 Å². The number of aliphatic hydroxyl groups is 1. The number of sulfone groups is 1. The zero-order chi connectivity index (χ0) is 33.9. The van der Waals surface area contributed by atoms with Gasteiger partial charge in [-0.3, -0.25) is 14.4 Å². The second-order valence-electron chi connectivity index (χ2n) is 11.6. The molecule has 2 amide bonds. The Morgan fingerprint density at radius 3 is 1.67 bits per heavy atom. The lowest BCUT2D eigenvalue weighted by molar-refractivity contribution is -0.140. The normalized spacial score (nSPS) is 14.6. The Bertz CT molecular complexity index is 1440. The van der Waals surface area contributed by atoms with Gasteiger partial charge in [-0.2, -0.15) is 0 Å². The van der Waals surface area contributed by atoms with Crippen molar-refractivity contribution in [3.8, 4) is 0 Å². The third kappa shape index (κ3) is 10.1. The molecule has 3 aromatic rings. The molecular formula is C34H43N3O7S2. The molecule has 0 fully saturated rings. The summed E-state index contributed by atoms with van der Waals surface area (Å²) in [7, 11) is -3.38. The van der Waals surface area contributed by atoms with Crippen LogP contribution in [0.5, 0.6) is 0 Å². The minimum absolute atomic E-state index is 0.0366. The fraction of sp³-hybridized carbons (Fsp3) is 0.382. The predicted octanol–water partition coefficient (Wildman–Crippen LogP) is 2.93. The fourth-order valence-electron chi connectivity index (χ4n) is 5.19. The zero-order valence-electron chi connectivity index (χ0n) is 26.2. The van der Waals surface area contributed by atoms with Crippen LogP contribution in [0.15, 0.2) is 91.0 Å². The molecule has 0 aliphatic rings. The molecule has 3 rings (SSSR count). The summed E-state index contributed by atoms with van der Waals surface area (Å²) in [6.07, 6.45) is -1.04. The first kappa shape index (κ1) is 36.8. The van der Waals surface area contributed by atoms with Crippen LogP contribution in [0.3, 0.4) is 0 Å². The van der Waals surface area contributed by atoms with E-state index in [2.05, 4.69) is 10.6 Å². The van der Waals surface area contributed by atoms with Gasteiger partial charge in [0.2, 0.25) is 11.8 Å². The lowest BCUT2D eigenvalue weighted by atomic mass is 9.84. The largest absolute Gasteiger partial charge is 0.481 e. The molecule has 0 bridgehead atoms. The number of amides is 2. The molecule has 6 N–H and O–H groups in total. The van der Waals surface area contributed by atoms with Gasteiger partial charge in [0.25, 0.3) is 0 Å². The number of benzene rings is 3. The van der Waals surface area contributed by atoms with Crippen molar-refractivity contribution in [1.29, 1.82) is 0 Å². The molecule has 0 aromatic heterocycles. The minimum Gasteiger partial charge on any atom is -0.481 e. The van der Waals surface area contributed by atoms with Crippen LogP contribution in [0.2, 0.25) is 0 Å². The van der Waals surface area contributed by atoms with Gasteiger partial charge in [-0.25, -0.2) is 8.42 Å². The highest BCUT2D eigenvalue weighted by molar-refractivity contribution is 8.00. The molecule has 4 atom stereocenters. The van der Waals surface area contributed by atoms with E-state index in [4.69, 9.17) is 5.73 Å². The first-order chi connectivity index (χ1) is 21.7. The fourth-order valence-corrected chi connectivity index (χ4v) is 7.43. The number of hydrogen-bond donors (Lipinski definition) is 5. The molecule has 0 spiro atoms. The molecule has 12 heteroatoms. The number of rotatable bonds is 17. The standard InChI is InChI=1S/C34H43N3O7S2/c1-23(2)31(29(38)21-30(39)40)37-33(42)28(36-32(41)27(35)19-20-46(3,43)44)22-45-34(24-13-7-4-8-14-24,25-15-9-5-10-16-25)26-17-11-6-12-18-26/h4-18,23,27-29,31,38H,19-22,35H2,1-3H3,(H,36,41)(H,37,42)(H,39,40). The summed E-state index contributed by atoms with van der Waals surface area (Å²) in [4.78, 5) is 38.5. The van der Waals surface area contributed by atoms with E-state index >= 15 is 0 Å². The number of nitrogens with two attached hydrogens (primary N) is 1. The first-order valence-electron chi connectivity index (χ1n) is 15.0. The topological polar surface area (TPSA) is 176 Å². The molecule has 46 heavy (non-hydrogen) atoms. The van der Waals surface area contributed by atoms with Crippen molar-refractivity contribution >= 4 is 39.4 Å². The number of carboxylic acid groups (broad SMARTS) is 1. The average molecular weight is 670 g/mol. The summed E-state index contributed by atoms with van der Waals surface area (Å²) >= 11 is 1.42. The van der Waals surface area contributed by atoms with Crippen molar-refractivity contribution in [1.82, 2.24) is 10.6 Å². The van der Waals surface area contributed by atoms with Gasteiger partial charge in [0, 0.05) is 12.0 Å². The van der Waals surface area contributed by atoms with Gasteiger partial charge >= 0.3 is 5.97 Å². The second-order valence-corrected chi connectivity index (χ2v) is 15.1. The number of hydrogen-bond acceptors (Lipinski definition) is 8. The number of aliphatic hydroxyl groups excluding tert-OH is 1. The predicted molar refractivity (Wildman–Crippen MR) is 181 cm³/mol. The van der Waals surface area contributed by atoms with Gasteiger partial charge in [-0.15, -0.1) is 11.8 Å². The summed E-state index contributed by atoms with van der Waals surface area (Å²) in [6, 6.07) is 26.0. The number of carboxylic acids is 1. The second kappa shape index (κ2) is 16.7. The minimum atomic E-state index is -3.38. The van der Waals surface area contributed by atoms with Gasteiger partial charge in [-0.05, 0) is 29.0 Å². The van der Waals surface area contributed by atoms with Gasteiger partial charge in [0.15, 0.2) is 0 Å². The molecule has 0 saturated heterocycles. The highest BCUT2D eigenvalue weighted by Gasteiger charge is 2.39. The number of carbonyl (C=O) groups is 3. The van der Waals surface area contributed by atoms with Gasteiger partial charge in [0.05, 0.1) is 35.1 Å².